The zero-order chi connectivity index (χ0) is 11.8. The van der Waals surface area contributed by atoms with Crippen LogP contribution in [0.4, 0.5) is 8.78 Å². The number of ether oxygens (including phenoxy) is 1. The molecule has 0 N–H and O–H groups in total. The minimum absolute atomic E-state index is 0.537. The Balaban J connectivity index is 2.21. The molecule has 3 rings (SSSR count). The predicted molar refractivity (Wildman–Crippen MR) is 62.9 cm³/mol. The summed E-state index contributed by atoms with van der Waals surface area (Å²) < 4.78 is 32.1. The maximum absolute atomic E-state index is 13.2. The molecule has 1 aliphatic rings. The molecule has 86 valence electrons. The number of hydrogen-bond acceptors (Lipinski definition) is 1. The molecule has 1 heterocycles. The normalized spacial score (nSPS) is 14.1. The molecule has 0 amide bonds. The highest BCUT2D eigenvalue weighted by atomic mass is 32.2. The lowest BCUT2D eigenvalue weighted by atomic mass is 10.3. The van der Waals surface area contributed by atoms with Gasteiger partial charge in [-0.1, -0.05) is 24.3 Å². The van der Waals surface area contributed by atoms with Gasteiger partial charge in [0.1, 0.15) is 10.9 Å². The fraction of sp³-hybridized carbons (Fsp3) is 0.0769. The van der Waals surface area contributed by atoms with E-state index in [2.05, 4.69) is 0 Å². The lowest BCUT2D eigenvalue weighted by Gasteiger charge is -2.18. The molecule has 4 heteroatoms. The van der Waals surface area contributed by atoms with Gasteiger partial charge in [0, 0.05) is 0 Å². The summed E-state index contributed by atoms with van der Waals surface area (Å²) in [4.78, 5) is 1.17. The molecule has 1 aliphatic heterocycles. The van der Waals surface area contributed by atoms with E-state index >= 15 is 0 Å². The topological polar surface area (TPSA) is 9.23 Å². The lowest BCUT2D eigenvalue weighted by molar-refractivity contribution is 0.246. The highest BCUT2D eigenvalue weighted by Crippen LogP contribution is 2.45. The summed E-state index contributed by atoms with van der Waals surface area (Å²) >= 11 is 0. The maximum atomic E-state index is 13.2. The molecule has 0 saturated heterocycles. The van der Waals surface area contributed by atoms with Crippen molar-refractivity contribution in [3.63, 3.8) is 0 Å². The summed E-state index contributed by atoms with van der Waals surface area (Å²) in [6.07, 6.45) is 0. The van der Waals surface area contributed by atoms with Gasteiger partial charge in [0.2, 0.25) is 9.79 Å². The second-order valence-corrected chi connectivity index (χ2v) is 5.51. The van der Waals surface area contributed by atoms with Crippen molar-refractivity contribution in [1.82, 2.24) is 0 Å². The van der Waals surface area contributed by atoms with E-state index in [0.717, 1.165) is 0 Å². The van der Waals surface area contributed by atoms with Crippen LogP contribution in [0.2, 0.25) is 0 Å². The molecule has 0 saturated carbocycles. The number of alkyl halides is 2. The standard InChI is InChI=1S/C13H9F2OS/c14-13(15)17-11-7-3-1-5-9(11)16-10-6-2-4-8-12(10)17/h1-8,13H/q+1. The van der Waals surface area contributed by atoms with Gasteiger partial charge in [-0.15, -0.1) is 0 Å². The van der Waals surface area contributed by atoms with Crippen molar-refractivity contribution in [3.8, 4) is 11.5 Å². The van der Waals surface area contributed by atoms with Crippen LogP contribution in [0.5, 0.6) is 11.5 Å². The first-order valence-electron chi connectivity index (χ1n) is 5.14. The monoisotopic (exact) mass is 251 g/mol. The van der Waals surface area contributed by atoms with Crippen LogP contribution in [-0.4, -0.2) is 5.76 Å². The number of hydrogen-bond donors (Lipinski definition) is 0. The molecule has 0 aliphatic carbocycles. The van der Waals surface area contributed by atoms with Crippen LogP contribution in [0.15, 0.2) is 58.3 Å². The summed E-state index contributed by atoms with van der Waals surface area (Å²) in [5.41, 5.74) is 0. The molecular weight excluding hydrogens is 242 g/mol. The molecule has 17 heavy (non-hydrogen) atoms. The number of para-hydroxylation sites is 2. The van der Waals surface area contributed by atoms with E-state index in [1.54, 1.807) is 48.5 Å². The fourth-order valence-corrected chi connectivity index (χ4v) is 3.59. The van der Waals surface area contributed by atoms with E-state index in [0.29, 0.717) is 21.3 Å². The zero-order valence-corrected chi connectivity index (χ0v) is 9.59. The van der Waals surface area contributed by atoms with Gasteiger partial charge < -0.3 is 4.74 Å². The molecule has 0 spiro atoms. The van der Waals surface area contributed by atoms with E-state index in [9.17, 15) is 8.78 Å². The molecule has 2 aromatic rings. The van der Waals surface area contributed by atoms with Gasteiger partial charge in [-0.25, -0.2) is 0 Å². The van der Waals surface area contributed by atoms with E-state index in [-0.39, 0.29) is 0 Å². The van der Waals surface area contributed by atoms with E-state index in [1.165, 1.54) is 0 Å². The third-order valence-corrected chi connectivity index (χ3v) is 4.55. The molecule has 0 aromatic heterocycles. The summed E-state index contributed by atoms with van der Waals surface area (Å²) in [5, 5.41) is 0. The minimum atomic E-state index is -2.40. The number of benzene rings is 2. The average molecular weight is 251 g/mol. The Morgan fingerprint density at radius 2 is 1.29 bits per heavy atom. The van der Waals surface area contributed by atoms with Crippen molar-refractivity contribution in [3.05, 3.63) is 48.5 Å². The molecule has 2 aromatic carbocycles. The van der Waals surface area contributed by atoms with Crippen LogP contribution in [0.1, 0.15) is 0 Å². The Bertz CT molecular complexity index is 511. The maximum Gasteiger partial charge on any atom is 0.410 e. The van der Waals surface area contributed by atoms with Gasteiger partial charge in [-0.3, -0.25) is 0 Å². The average Bonchev–Trinajstić information content (AvgIpc) is 2.35. The number of rotatable bonds is 1. The smallest absolute Gasteiger partial charge is 0.410 e. The molecule has 0 radical (unpaired) electrons. The zero-order valence-electron chi connectivity index (χ0n) is 8.77. The second kappa shape index (κ2) is 4.04. The Morgan fingerprint density at radius 1 is 0.824 bits per heavy atom. The van der Waals surface area contributed by atoms with Crippen molar-refractivity contribution in [1.29, 1.82) is 0 Å². The Kier molecular flexibility index (Phi) is 2.52. The van der Waals surface area contributed by atoms with Crippen molar-refractivity contribution in [2.75, 3.05) is 0 Å². The minimum Gasteiger partial charge on any atom is -0.447 e. The van der Waals surface area contributed by atoms with Crippen molar-refractivity contribution < 1.29 is 13.5 Å². The highest BCUT2D eigenvalue weighted by molar-refractivity contribution is 7.97. The van der Waals surface area contributed by atoms with Gasteiger partial charge >= 0.3 is 5.76 Å². The van der Waals surface area contributed by atoms with Crippen LogP contribution in [-0.2, 0) is 10.9 Å². The third kappa shape index (κ3) is 1.69. The van der Waals surface area contributed by atoms with Crippen LogP contribution >= 0.6 is 0 Å². The SMILES string of the molecule is FC(F)[S+]1c2ccccc2Oc2ccccc21. The number of fused-ring (bicyclic) bond motifs is 2. The molecule has 1 nitrogen and oxygen atoms in total. The first-order valence-corrected chi connectivity index (χ1v) is 6.43. The van der Waals surface area contributed by atoms with Crippen LogP contribution in [0.3, 0.4) is 0 Å². The summed E-state index contributed by atoms with van der Waals surface area (Å²) in [6, 6.07) is 14.0. The van der Waals surface area contributed by atoms with Crippen LogP contribution in [0, 0.1) is 0 Å². The Morgan fingerprint density at radius 3 is 1.76 bits per heavy atom. The lowest BCUT2D eigenvalue weighted by Crippen LogP contribution is -2.18. The first kappa shape index (κ1) is 10.6. The second-order valence-electron chi connectivity index (χ2n) is 3.59. The summed E-state index contributed by atoms with van der Waals surface area (Å²) in [5.74, 6) is -1.33. The summed E-state index contributed by atoms with van der Waals surface area (Å²) in [6.45, 7) is 0. The molecule has 0 unspecified atom stereocenters. The van der Waals surface area contributed by atoms with Crippen LogP contribution < -0.4 is 4.74 Å². The van der Waals surface area contributed by atoms with Gasteiger partial charge in [0.25, 0.3) is 0 Å². The van der Waals surface area contributed by atoms with Gasteiger partial charge in [-0.05, 0) is 24.3 Å². The van der Waals surface area contributed by atoms with Gasteiger partial charge in [0.05, 0.1) is 0 Å². The fourth-order valence-electron chi connectivity index (χ4n) is 1.86. The number of halogens is 2. The van der Waals surface area contributed by atoms with Gasteiger partial charge in [0.15, 0.2) is 11.5 Å². The molecule has 0 atom stereocenters. The quantitative estimate of drug-likeness (QED) is 0.695. The van der Waals surface area contributed by atoms with Crippen molar-refractivity contribution >= 4 is 10.9 Å². The van der Waals surface area contributed by atoms with Gasteiger partial charge in [-0.2, -0.15) is 8.78 Å². The molecule has 0 bridgehead atoms. The molecule has 0 fully saturated rings. The Hall–Kier alpha value is -1.55. The van der Waals surface area contributed by atoms with E-state index in [4.69, 9.17) is 4.74 Å². The first-order chi connectivity index (χ1) is 8.27. The van der Waals surface area contributed by atoms with Crippen LogP contribution in [0.25, 0.3) is 0 Å². The van der Waals surface area contributed by atoms with Crippen molar-refractivity contribution in [2.24, 2.45) is 0 Å². The van der Waals surface area contributed by atoms with E-state index in [1.807, 2.05) is 0 Å². The largest absolute Gasteiger partial charge is 0.447 e. The van der Waals surface area contributed by atoms with E-state index < -0.39 is 16.7 Å². The highest BCUT2D eigenvalue weighted by Gasteiger charge is 2.44. The summed E-state index contributed by atoms with van der Waals surface area (Å²) in [7, 11) is -1.20. The third-order valence-electron chi connectivity index (χ3n) is 2.57. The predicted octanol–water partition coefficient (Wildman–Crippen LogP) is 4.05. The Labute approximate surface area is 100 Å². The molecular formula is C13H9F2OS+. The van der Waals surface area contributed by atoms with Crippen molar-refractivity contribution in [2.45, 2.75) is 15.5 Å².